The van der Waals surface area contributed by atoms with Crippen molar-refractivity contribution < 1.29 is 5.11 Å². The maximum Gasteiger partial charge on any atom is 0.115 e. The predicted molar refractivity (Wildman–Crippen MR) is 84.5 cm³/mol. The highest BCUT2D eigenvalue weighted by molar-refractivity contribution is 5.38. The number of likely N-dealkylation sites (N-methyl/N-ethyl adjacent to an activating group) is 1. The van der Waals surface area contributed by atoms with Gasteiger partial charge < -0.3 is 5.11 Å². The van der Waals surface area contributed by atoms with Gasteiger partial charge in [0.05, 0.1) is 0 Å². The van der Waals surface area contributed by atoms with Crippen LogP contribution in [0.2, 0.25) is 0 Å². The summed E-state index contributed by atoms with van der Waals surface area (Å²) in [6.45, 7) is 2.45. The van der Waals surface area contributed by atoms with E-state index in [9.17, 15) is 5.11 Å². The van der Waals surface area contributed by atoms with Crippen molar-refractivity contribution in [2.24, 2.45) is 0 Å². The lowest BCUT2D eigenvalue weighted by atomic mass is 9.86. The Kier molecular flexibility index (Phi) is 3.43. The smallest absolute Gasteiger partial charge is 0.115 e. The van der Waals surface area contributed by atoms with Crippen molar-refractivity contribution in [3.63, 3.8) is 0 Å². The fourth-order valence-electron chi connectivity index (χ4n) is 4.77. The lowest BCUT2D eigenvalue weighted by Gasteiger charge is -2.37. The lowest BCUT2D eigenvalue weighted by molar-refractivity contribution is 0.157. The molecule has 0 aromatic heterocycles. The zero-order valence-electron chi connectivity index (χ0n) is 13.0. The molecule has 2 aliphatic heterocycles. The average Bonchev–Trinajstić information content (AvgIpc) is 2.71. The molecular weight excluding hydrogens is 260 g/mol. The van der Waals surface area contributed by atoms with Crippen molar-refractivity contribution in [1.29, 1.82) is 0 Å². The summed E-state index contributed by atoms with van der Waals surface area (Å²) in [7, 11) is 2.32. The largest absolute Gasteiger partial charge is 0.508 e. The highest BCUT2D eigenvalue weighted by atomic mass is 16.3. The molecule has 4 rings (SSSR count). The van der Waals surface area contributed by atoms with Gasteiger partial charge in [0.25, 0.3) is 0 Å². The highest BCUT2D eigenvalue weighted by Crippen LogP contribution is 2.39. The molecule has 3 unspecified atom stereocenters. The van der Waals surface area contributed by atoms with Gasteiger partial charge in [-0.25, -0.2) is 0 Å². The van der Waals surface area contributed by atoms with E-state index in [1.807, 2.05) is 12.1 Å². The van der Waals surface area contributed by atoms with E-state index in [-0.39, 0.29) is 0 Å². The van der Waals surface area contributed by atoms with Crippen LogP contribution in [0.25, 0.3) is 0 Å². The molecular formula is C18H26N2O. The molecule has 2 fully saturated rings. The number of benzene rings is 1. The quantitative estimate of drug-likeness (QED) is 0.860. The fraction of sp³-hybridized carbons (Fsp3) is 0.667. The van der Waals surface area contributed by atoms with Gasteiger partial charge in [0.2, 0.25) is 0 Å². The number of nitrogens with zero attached hydrogens (tertiary/aromatic N) is 2. The first kappa shape index (κ1) is 13.6. The van der Waals surface area contributed by atoms with Crippen LogP contribution in [0.4, 0.5) is 0 Å². The van der Waals surface area contributed by atoms with Gasteiger partial charge in [-0.2, -0.15) is 0 Å². The van der Waals surface area contributed by atoms with E-state index < -0.39 is 0 Å². The Morgan fingerprint density at radius 2 is 1.95 bits per heavy atom. The normalized spacial score (nSPS) is 33.7. The first-order valence-corrected chi connectivity index (χ1v) is 8.50. The minimum Gasteiger partial charge on any atom is -0.508 e. The molecule has 114 valence electrons. The van der Waals surface area contributed by atoms with Gasteiger partial charge in [-0.15, -0.1) is 0 Å². The van der Waals surface area contributed by atoms with Gasteiger partial charge in [-0.3, -0.25) is 9.80 Å². The number of fused-ring (bicyclic) bond motifs is 3. The van der Waals surface area contributed by atoms with Crippen molar-refractivity contribution in [3.8, 4) is 5.75 Å². The summed E-state index contributed by atoms with van der Waals surface area (Å²) < 4.78 is 0. The van der Waals surface area contributed by atoms with Crippen LogP contribution >= 0.6 is 0 Å². The second-order valence-corrected chi connectivity index (χ2v) is 7.13. The molecule has 1 aromatic carbocycles. The first-order valence-electron chi connectivity index (χ1n) is 8.50. The molecule has 3 nitrogen and oxygen atoms in total. The Bertz CT molecular complexity index is 530. The topological polar surface area (TPSA) is 26.7 Å². The molecule has 0 spiro atoms. The summed E-state index contributed by atoms with van der Waals surface area (Å²) in [5, 5.41) is 9.73. The van der Waals surface area contributed by atoms with E-state index in [4.69, 9.17) is 0 Å². The predicted octanol–water partition coefficient (Wildman–Crippen LogP) is 2.94. The zero-order chi connectivity index (χ0) is 14.4. The van der Waals surface area contributed by atoms with Crippen molar-refractivity contribution in [3.05, 3.63) is 29.3 Å². The van der Waals surface area contributed by atoms with E-state index in [0.717, 1.165) is 18.5 Å². The SMILES string of the molecule is CN1C2CCC1CN(C1CCCc3cc(O)ccc31)CC2. The number of hydrogen-bond donors (Lipinski definition) is 1. The van der Waals surface area contributed by atoms with Crippen LogP contribution in [0.5, 0.6) is 5.75 Å². The van der Waals surface area contributed by atoms with Crippen LogP contribution in [0.1, 0.15) is 49.3 Å². The van der Waals surface area contributed by atoms with Crippen LogP contribution in [0.15, 0.2) is 18.2 Å². The molecule has 3 atom stereocenters. The second kappa shape index (κ2) is 5.29. The third kappa shape index (κ3) is 2.36. The van der Waals surface area contributed by atoms with E-state index in [1.54, 1.807) is 0 Å². The number of likely N-dealkylation sites (tertiary alicyclic amines) is 1. The zero-order valence-corrected chi connectivity index (χ0v) is 13.0. The summed E-state index contributed by atoms with van der Waals surface area (Å²) in [4.78, 5) is 5.36. The van der Waals surface area contributed by atoms with E-state index in [0.29, 0.717) is 11.8 Å². The summed E-state index contributed by atoms with van der Waals surface area (Å²) in [6.07, 6.45) is 7.73. The minimum atomic E-state index is 0.420. The van der Waals surface area contributed by atoms with Crippen LogP contribution in [0, 0.1) is 0 Å². The molecule has 0 amide bonds. The van der Waals surface area contributed by atoms with E-state index in [2.05, 4.69) is 22.9 Å². The number of hydrogen-bond acceptors (Lipinski definition) is 3. The Morgan fingerprint density at radius 3 is 2.86 bits per heavy atom. The standard InChI is InChI=1S/C18H26N2O/c1-19-14-5-6-15(19)12-20(10-9-14)18-4-2-3-13-11-16(21)7-8-17(13)18/h7-8,11,14-15,18,21H,2-6,9-10,12H2,1H3. The molecule has 2 heterocycles. The molecule has 2 bridgehead atoms. The van der Waals surface area contributed by atoms with Gasteiger partial charge >= 0.3 is 0 Å². The minimum absolute atomic E-state index is 0.420. The van der Waals surface area contributed by atoms with Gasteiger partial charge in [-0.05, 0) is 68.8 Å². The Morgan fingerprint density at radius 1 is 1.10 bits per heavy atom. The van der Waals surface area contributed by atoms with Crippen molar-refractivity contribution in [1.82, 2.24) is 9.80 Å². The molecule has 21 heavy (non-hydrogen) atoms. The molecule has 3 heteroatoms. The van der Waals surface area contributed by atoms with Gasteiger partial charge in [0, 0.05) is 31.2 Å². The van der Waals surface area contributed by atoms with Crippen molar-refractivity contribution in [2.45, 2.75) is 56.7 Å². The summed E-state index contributed by atoms with van der Waals surface area (Å²) >= 11 is 0. The average molecular weight is 286 g/mol. The van der Waals surface area contributed by atoms with Gasteiger partial charge in [0.1, 0.15) is 5.75 Å². The third-order valence-electron chi connectivity index (χ3n) is 6.03. The molecule has 2 saturated heterocycles. The Labute approximate surface area is 127 Å². The fourth-order valence-corrected chi connectivity index (χ4v) is 4.77. The van der Waals surface area contributed by atoms with Crippen LogP contribution in [0.3, 0.4) is 0 Å². The maximum atomic E-state index is 9.73. The summed E-state index contributed by atoms with van der Waals surface area (Å²) in [5.74, 6) is 0.420. The number of phenols is 1. The van der Waals surface area contributed by atoms with Crippen LogP contribution in [-0.4, -0.2) is 47.1 Å². The van der Waals surface area contributed by atoms with E-state index >= 15 is 0 Å². The molecule has 0 saturated carbocycles. The molecule has 1 aromatic rings. The number of aryl methyl sites for hydroxylation is 1. The van der Waals surface area contributed by atoms with Crippen molar-refractivity contribution >= 4 is 0 Å². The monoisotopic (exact) mass is 286 g/mol. The number of rotatable bonds is 1. The van der Waals surface area contributed by atoms with Gasteiger partial charge in [0.15, 0.2) is 0 Å². The van der Waals surface area contributed by atoms with Crippen LogP contribution < -0.4 is 0 Å². The highest BCUT2D eigenvalue weighted by Gasteiger charge is 2.37. The first-order chi connectivity index (χ1) is 10.2. The number of aromatic hydroxyl groups is 1. The lowest BCUT2D eigenvalue weighted by Crippen LogP contribution is -2.39. The Hall–Kier alpha value is -1.06. The van der Waals surface area contributed by atoms with E-state index in [1.165, 1.54) is 56.3 Å². The molecule has 3 aliphatic rings. The molecule has 1 aliphatic carbocycles. The van der Waals surface area contributed by atoms with Crippen LogP contribution in [-0.2, 0) is 6.42 Å². The molecule has 0 radical (unpaired) electrons. The summed E-state index contributed by atoms with van der Waals surface area (Å²) in [6, 6.07) is 8.15. The summed E-state index contributed by atoms with van der Waals surface area (Å²) in [5.41, 5.74) is 2.84. The van der Waals surface area contributed by atoms with Gasteiger partial charge in [-0.1, -0.05) is 6.07 Å². The Balaban J connectivity index is 1.60. The third-order valence-corrected chi connectivity index (χ3v) is 6.03. The molecule has 1 N–H and O–H groups in total. The number of phenolic OH excluding ortho intramolecular Hbond substituents is 1. The maximum absolute atomic E-state index is 9.73. The van der Waals surface area contributed by atoms with Crippen molar-refractivity contribution in [2.75, 3.05) is 20.1 Å². The second-order valence-electron chi connectivity index (χ2n) is 7.13.